The summed E-state index contributed by atoms with van der Waals surface area (Å²) >= 11 is 0. The van der Waals surface area contributed by atoms with E-state index in [-0.39, 0.29) is 11.9 Å². The number of carbonyl (C=O) groups excluding carboxylic acids is 1. The van der Waals surface area contributed by atoms with E-state index in [2.05, 4.69) is 17.1 Å². The molecule has 0 radical (unpaired) electrons. The predicted octanol–water partition coefficient (Wildman–Crippen LogP) is 2.81. The van der Waals surface area contributed by atoms with Gasteiger partial charge in [-0.3, -0.25) is 4.79 Å². The summed E-state index contributed by atoms with van der Waals surface area (Å²) in [5.74, 6) is 2.34. The van der Waals surface area contributed by atoms with Crippen molar-refractivity contribution < 1.29 is 9.32 Å². The maximum absolute atomic E-state index is 13.0. The molecule has 132 valence electrons. The summed E-state index contributed by atoms with van der Waals surface area (Å²) in [5, 5.41) is 4.07. The topological polar surface area (TPSA) is 85.2 Å². The number of amides is 1. The summed E-state index contributed by atoms with van der Waals surface area (Å²) in [6.07, 6.45) is 4.23. The molecule has 1 saturated carbocycles. The Kier molecular flexibility index (Phi) is 4.29. The molecule has 4 rings (SSSR count). The number of hydrogen-bond acceptors (Lipinski definition) is 5. The van der Waals surface area contributed by atoms with Gasteiger partial charge in [-0.2, -0.15) is 4.98 Å². The van der Waals surface area contributed by atoms with E-state index in [1.165, 1.54) is 0 Å². The van der Waals surface area contributed by atoms with Gasteiger partial charge in [0.25, 0.3) is 5.91 Å². The molecule has 2 unspecified atom stereocenters. The van der Waals surface area contributed by atoms with Crippen molar-refractivity contribution in [1.29, 1.82) is 0 Å². The van der Waals surface area contributed by atoms with Crippen LogP contribution in [-0.2, 0) is 0 Å². The fraction of sp³-hybridized carbons (Fsp3) is 0.526. The third kappa shape index (κ3) is 3.31. The second-order valence-electron chi connectivity index (χ2n) is 7.33. The molecule has 1 aromatic carbocycles. The first-order chi connectivity index (χ1) is 12.2. The van der Waals surface area contributed by atoms with Gasteiger partial charge in [-0.15, -0.1) is 0 Å². The second kappa shape index (κ2) is 6.59. The van der Waals surface area contributed by atoms with Crippen LogP contribution < -0.4 is 5.73 Å². The lowest BCUT2D eigenvalue weighted by Gasteiger charge is -2.38. The van der Waals surface area contributed by atoms with E-state index in [1.54, 1.807) is 0 Å². The fourth-order valence-electron chi connectivity index (χ4n) is 3.55. The zero-order valence-corrected chi connectivity index (χ0v) is 14.5. The van der Waals surface area contributed by atoms with Crippen molar-refractivity contribution in [1.82, 2.24) is 15.0 Å². The predicted molar refractivity (Wildman–Crippen MR) is 94.0 cm³/mol. The molecule has 0 spiro atoms. The van der Waals surface area contributed by atoms with Crippen molar-refractivity contribution >= 4 is 5.91 Å². The monoisotopic (exact) mass is 340 g/mol. The molecule has 1 aromatic heterocycles. The van der Waals surface area contributed by atoms with Crippen molar-refractivity contribution in [2.45, 2.75) is 44.6 Å². The molecule has 1 aliphatic carbocycles. The molecule has 2 atom stereocenters. The van der Waals surface area contributed by atoms with Crippen molar-refractivity contribution in [2.24, 2.45) is 11.7 Å². The van der Waals surface area contributed by atoms with E-state index < -0.39 is 0 Å². The van der Waals surface area contributed by atoms with Crippen LogP contribution in [0.15, 0.2) is 28.8 Å². The zero-order valence-electron chi connectivity index (χ0n) is 14.5. The highest BCUT2D eigenvalue weighted by Crippen LogP contribution is 2.39. The minimum atomic E-state index is 0.0371. The highest BCUT2D eigenvalue weighted by Gasteiger charge is 2.31. The fourth-order valence-corrected chi connectivity index (χ4v) is 3.55. The van der Waals surface area contributed by atoms with Gasteiger partial charge in [0.1, 0.15) is 0 Å². The summed E-state index contributed by atoms with van der Waals surface area (Å²) in [4.78, 5) is 19.4. The van der Waals surface area contributed by atoms with E-state index in [4.69, 9.17) is 10.3 Å². The average Bonchev–Trinajstić information content (AvgIpc) is 3.38. The quantitative estimate of drug-likeness (QED) is 0.925. The lowest BCUT2D eigenvalue weighted by atomic mass is 9.91. The first-order valence-electron chi connectivity index (χ1n) is 9.10. The van der Waals surface area contributed by atoms with Crippen molar-refractivity contribution in [2.75, 3.05) is 13.1 Å². The zero-order chi connectivity index (χ0) is 17.4. The Morgan fingerprint density at radius 2 is 2.20 bits per heavy atom. The van der Waals surface area contributed by atoms with Crippen LogP contribution in [0.2, 0.25) is 0 Å². The second-order valence-corrected chi connectivity index (χ2v) is 7.33. The summed E-state index contributed by atoms with van der Waals surface area (Å²) in [7, 11) is 0. The SMILES string of the molecule is CC1CCN(C(=O)c2cccc(-c3noc(C4CC4)n3)c2)C(CN)C1. The van der Waals surface area contributed by atoms with Crippen LogP contribution in [0.1, 0.15) is 54.8 Å². The normalized spacial score (nSPS) is 23.7. The molecule has 2 aromatic rings. The summed E-state index contributed by atoms with van der Waals surface area (Å²) in [6, 6.07) is 7.61. The molecule has 6 nitrogen and oxygen atoms in total. The molecule has 6 heteroatoms. The number of nitrogens with two attached hydrogens (primary N) is 1. The summed E-state index contributed by atoms with van der Waals surface area (Å²) in [5.41, 5.74) is 7.38. The van der Waals surface area contributed by atoms with E-state index in [0.717, 1.165) is 37.8 Å². The van der Waals surface area contributed by atoms with Gasteiger partial charge in [-0.05, 0) is 43.7 Å². The van der Waals surface area contributed by atoms with Crippen LogP contribution >= 0.6 is 0 Å². The maximum Gasteiger partial charge on any atom is 0.254 e. The van der Waals surface area contributed by atoms with Gasteiger partial charge in [-0.1, -0.05) is 24.2 Å². The number of aromatic nitrogens is 2. The third-order valence-corrected chi connectivity index (χ3v) is 5.25. The molecule has 1 saturated heterocycles. The van der Waals surface area contributed by atoms with Crippen LogP contribution in [0.4, 0.5) is 0 Å². The maximum atomic E-state index is 13.0. The van der Waals surface area contributed by atoms with Gasteiger partial charge in [0.05, 0.1) is 0 Å². The minimum Gasteiger partial charge on any atom is -0.339 e. The van der Waals surface area contributed by atoms with E-state index >= 15 is 0 Å². The smallest absolute Gasteiger partial charge is 0.254 e. The largest absolute Gasteiger partial charge is 0.339 e. The standard InChI is InChI=1S/C19H24N4O2/c1-12-7-8-23(16(9-12)11-20)19(24)15-4-2-3-14(10-15)17-21-18(25-22-17)13-5-6-13/h2-4,10,12-13,16H,5-9,11,20H2,1H3. The first kappa shape index (κ1) is 16.3. The molecule has 1 aliphatic heterocycles. The van der Waals surface area contributed by atoms with Crippen LogP contribution in [0, 0.1) is 5.92 Å². The number of rotatable bonds is 4. The molecular formula is C19H24N4O2. The molecule has 25 heavy (non-hydrogen) atoms. The molecule has 0 bridgehead atoms. The van der Waals surface area contributed by atoms with Crippen molar-refractivity contribution in [3.63, 3.8) is 0 Å². The Balaban J connectivity index is 1.56. The number of likely N-dealkylation sites (tertiary alicyclic amines) is 1. The number of hydrogen-bond donors (Lipinski definition) is 1. The lowest BCUT2D eigenvalue weighted by molar-refractivity contribution is 0.0573. The molecule has 2 fully saturated rings. The Morgan fingerprint density at radius 1 is 1.36 bits per heavy atom. The van der Waals surface area contributed by atoms with Crippen molar-refractivity contribution in [3.05, 3.63) is 35.7 Å². The number of nitrogens with zero attached hydrogens (tertiary/aromatic N) is 3. The van der Waals surface area contributed by atoms with Crippen LogP contribution in [0.3, 0.4) is 0 Å². The van der Waals surface area contributed by atoms with Gasteiger partial charge in [0.2, 0.25) is 11.7 Å². The number of carbonyl (C=O) groups is 1. The molecule has 2 N–H and O–H groups in total. The Labute approximate surface area is 147 Å². The summed E-state index contributed by atoms with van der Waals surface area (Å²) in [6.45, 7) is 3.49. The summed E-state index contributed by atoms with van der Waals surface area (Å²) < 4.78 is 5.33. The van der Waals surface area contributed by atoms with Crippen LogP contribution in [-0.4, -0.2) is 40.1 Å². The third-order valence-electron chi connectivity index (χ3n) is 5.25. The number of piperidine rings is 1. The Bertz CT molecular complexity index is 768. The molecule has 2 heterocycles. The lowest BCUT2D eigenvalue weighted by Crippen LogP contribution is -2.49. The molecular weight excluding hydrogens is 316 g/mol. The number of benzene rings is 1. The van der Waals surface area contributed by atoms with Gasteiger partial charge in [0, 0.05) is 36.2 Å². The first-order valence-corrected chi connectivity index (χ1v) is 9.10. The highest BCUT2D eigenvalue weighted by atomic mass is 16.5. The molecule has 2 aliphatic rings. The van der Waals surface area contributed by atoms with Crippen LogP contribution in [0.25, 0.3) is 11.4 Å². The van der Waals surface area contributed by atoms with Crippen molar-refractivity contribution in [3.8, 4) is 11.4 Å². The Hall–Kier alpha value is -2.21. The van der Waals surface area contributed by atoms with E-state index in [0.29, 0.717) is 35.7 Å². The Morgan fingerprint density at radius 3 is 2.96 bits per heavy atom. The highest BCUT2D eigenvalue weighted by molar-refractivity contribution is 5.95. The van der Waals surface area contributed by atoms with Gasteiger partial charge in [-0.25, -0.2) is 0 Å². The average molecular weight is 340 g/mol. The minimum absolute atomic E-state index is 0.0371. The van der Waals surface area contributed by atoms with Gasteiger partial charge >= 0.3 is 0 Å². The molecule has 1 amide bonds. The van der Waals surface area contributed by atoms with Crippen LogP contribution in [0.5, 0.6) is 0 Å². The van der Waals surface area contributed by atoms with Gasteiger partial charge in [0.15, 0.2) is 0 Å². The van der Waals surface area contributed by atoms with E-state index in [1.807, 2.05) is 29.2 Å². The van der Waals surface area contributed by atoms with E-state index in [9.17, 15) is 4.79 Å². The van der Waals surface area contributed by atoms with Gasteiger partial charge < -0.3 is 15.2 Å².